The van der Waals surface area contributed by atoms with Crippen LogP contribution in [0, 0.1) is 0 Å². The molecule has 3 rings (SSSR count). The highest BCUT2D eigenvalue weighted by Gasteiger charge is 2.30. The van der Waals surface area contributed by atoms with Crippen molar-refractivity contribution in [3.63, 3.8) is 0 Å². The largest absolute Gasteiger partial charge is 0.359 e. The number of rotatable bonds is 3. The number of nitrogens with one attached hydrogen (secondary N) is 1. The van der Waals surface area contributed by atoms with Crippen LogP contribution in [-0.2, 0) is 0 Å². The van der Waals surface area contributed by atoms with Crippen LogP contribution in [0.25, 0.3) is 0 Å². The van der Waals surface area contributed by atoms with Gasteiger partial charge < -0.3 is 5.32 Å². The highest BCUT2D eigenvalue weighted by molar-refractivity contribution is 7.13. The summed E-state index contributed by atoms with van der Waals surface area (Å²) in [5.74, 6) is 0.645. The Labute approximate surface area is 110 Å². The van der Waals surface area contributed by atoms with Crippen molar-refractivity contribution in [1.82, 2.24) is 4.98 Å². The molecule has 1 heterocycles. The second kappa shape index (κ2) is 4.67. The van der Waals surface area contributed by atoms with Crippen molar-refractivity contribution in [1.29, 1.82) is 0 Å². The van der Waals surface area contributed by atoms with E-state index in [9.17, 15) is 0 Å². The molecule has 0 saturated heterocycles. The molecule has 1 fully saturated rings. The fraction of sp³-hybridized carbons (Fsp3) is 0.308. The van der Waals surface area contributed by atoms with E-state index in [4.69, 9.17) is 11.6 Å². The Morgan fingerprint density at radius 2 is 2.24 bits per heavy atom. The summed E-state index contributed by atoms with van der Waals surface area (Å²) in [6.45, 7) is 0. The van der Waals surface area contributed by atoms with E-state index in [-0.39, 0.29) is 0 Å². The number of nitrogens with zero attached hydrogens (tertiary/aromatic N) is 1. The molecule has 1 aromatic carbocycles. The van der Waals surface area contributed by atoms with Crippen LogP contribution >= 0.6 is 22.9 Å². The van der Waals surface area contributed by atoms with Crippen LogP contribution in [0.15, 0.2) is 35.8 Å². The van der Waals surface area contributed by atoms with Crippen LogP contribution in [0.3, 0.4) is 0 Å². The summed E-state index contributed by atoms with van der Waals surface area (Å²) in [6, 6.07) is 8.75. The lowest BCUT2D eigenvalue weighted by molar-refractivity contribution is 0.374. The Morgan fingerprint density at radius 3 is 2.94 bits per heavy atom. The van der Waals surface area contributed by atoms with Crippen molar-refractivity contribution in [2.24, 2.45) is 0 Å². The van der Waals surface area contributed by atoms with Gasteiger partial charge in [-0.15, -0.1) is 11.3 Å². The molecule has 2 aromatic rings. The molecule has 1 aromatic heterocycles. The number of hydrogen-bond donors (Lipinski definition) is 1. The summed E-state index contributed by atoms with van der Waals surface area (Å²) < 4.78 is 0. The molecule has 2 nitrogen and oxygen atoms in total. The highest BCUT2D eigenvalue weighted by atomic mass is 35.5. The molecule has 0 atom stereocenters. The highest BCUT2D eigenvalue weighted by Crippen LogP contribution is 2.39. The van der Waals surface area contributed by atoms with Crippen molar-refractivity contribution in [2.75, 3.05) is 5.32 Å². The Kier molecular flexibility index (Phi) is 3.04. The molecular formula is C13H13ClN2S. The second-order valence-electron chi connectivity index (χ2n) is 4.40. The summed E-state index contributed by atoms with van der Waals surface area (Å²) >= 11 is 7.65. The van der Waals surface area contributed by atoms with Crippen LogP contribution in [-0.4, -0.2) is 11.0 Å². The monoisotopic (exact) mass is 264 g/mol. The van der Waals surface area contributed by atoms with Crippen LogP contribution in [0.1, 0.15) is 24.3 Å². The van der Waals surface area contributed by atoms with Crippen molar-refractivity contribution in [3.05, 3.63) is 46.4 Å². The number of thiazole rings is 1. The zero-order valence-corrected chi connectivity index (χ0v) is 10.8. The molecule has 0 radical (unpaired) electrons. The lowest BCUT2D eigenvalue weighted by atomic mass is 9.76. The van der Waals surface area contributed by atoms with E-state index in [0.717, 1.165) is 10.2 Å². The Bertz CT molecular complexity index is 492. The van der Waals surface area contributed by atoms with E-state index >= 15 is 0 Å². The predicted octanol–water partition coefficient (Wildman–Crippen LogP) is 4.15. The second-order valence-corrected chi connectivity index (χ2v) is 5.73. The molecule has 0 unspecified atom stereocenters. The van der Waals surface area contributed by atoms with Crippen LogP contribution < -0.4 is 5.32 Å². The van der Waals surface area contributed by atoms with Gasteiger partial charge in [0.25, 0.3) is 0 Å². The first-order chi connectivity index (χ1) is 8.31. The molecule has 1 saturated carbocycles. The van der Waals surface area contributed by atoms with Crippen LogP contribution in [0.4, 0.5) is 5.13 Å². The standard InChI is InChI=1S/C13H13ClN2S/c14-11-3-1-2-9(6-11)10-7-12(8-10)16-13-15-4-5-17-13/h1-6,10,12H,7-8H2,(H,15,16). The number of benzene rings is 1. The number of hydrogen-bond acceptors (Lipinski definition) is 3. The van der Waals surface area contributed by atoms with Gasteiger partial charge in [-0.25, -0.2) is 4.98 Å². The van der Waals surface area contributed by atoms with Crippen molar-refractivity contribution >= 4 is 28.1 Å². The average Bonchev–Trinajstić information content (AvgIpc) is 2.75. The van der Waals surface area contributed by atoms with Crippen molar-refractivity contribution in [3.8, 4) is 0 Å². The number of anilines is 1. The molecule has 1 aliphatic rings. The minimum atomic E-state index is 0.560. The van der Waals surface area contributed by atoms with E-state index in [2.05, 4.69) is 22.4 Å². The van der Waals surface area contributed by atoms with Crippen molar-refractivity contribution < 1.29 is 0 Å². The van der Waals surface area contributed by atoms with Gasteiger partial charge in [-0.2, -0.15) is 0 Å². The zero-order valence-electron chi connectivity index (χ0n) is 9.27. The summed E-state index contributed by atoms with van der Waals surface area (Å²) in [5.41, 5.74) is 1.36. The topological polar surface area (TPSA) is 24.9 Å². The van der Waals surface area contributed by atoms with E-state index in [0.29, 0.717) is 12.0 Å². The fourth-order valence-electron chi connectivity index (χ4n) is 2.24. The lowest BCUT2D eigenvalue weighted by Crippen LogP contribution is -2.33. The van der Waals surface area contributed by atoms with Gasteiger partial charge in [0, 0.05) is 22.6 Å². The molecule has 88 valence electrons. The van der Waals surface area contributed by atoms with Gasteiger partial charge in [-0.05, 0) is 36.5 Å². The Morgan fingerprint density at radius 1 is 1.35 bits per heavy atom. The summed E-state index contributed by atoms with van der Waals surface area (Å²) in [6.07, 6.45) is 4.17. The summed E-state index contributed by atoms with van der Waals surface area (Å²) in [4.78, 5) is 4.24. The summed E-state index contributed by atoms with van der Waals surface area (Å²) in [7, 11) is 0. The molecular weight excluding hydrogens is 252 g/mol. The first kappa shape index (κ1) is 11.1. The van der Waals surface area contributed by atoms with Crippen LogP contribution in [0.5, 0.6) is 0 Å². The van der Waals surface area contributed by atoms with Gasteiger partial charge in [0.05, 0.1) is 0 Å². The third kappa shape index (κ3) is 2.45. The number of halogens is 1. The van der Waals surface area contributed by atoms with E-state index < -0.39 is 0 Å². The molecule has 0 bridgehead atoms. The minimum absolute atomic E-state index is 0.560. The number of aromatic nitrogens is 1. The molecule has 0 amide bonds. The van der Waals surface area contributed by atoms with E-state index in [1.807, 2.05) is 23.7 Å². The molecule has 0 aliphatic heterocycles. The molecule has 17 heavy (non-hydrogen) atoms. The first-order valence-corrected chi connectivity index (χ1v) is 6.98. The molecule has 1 aliphatic carbocycles. The van der Waals surface area contributed by atoms with E-state index in [1.165, 1.54) is 18.4 Å². The van der Waals surface area contributed by atoms with E-state index in [1.54, 1.807) is 11.3 Å². The third-order valence-electron chi connectivity index (χ3n) is 3.22. The minimum Gasteiger partial charge on any atom is -0.359 e. The third-order valence-corrected chi connectivity index (χ3v) is 4.16. The quantitative estimate of drug-likeness (QED) is 0.901. The maximum Gasteiger partial charge on any atom is 0.182 e. The normalized spacial score (nSPS) is 23.1. The first-order valence-electron chi connectivity index (χ1n) is 5.73. The van der Waals surface area contributed by atoms with Crippen molar-refractivity contribution in [2.45, 2.75) is 24.8 Å². The zero-order chi connectivity index (χ0) is 11.7. The SMILES string of the molecule is Clc1cccc(C2CC(Nc3nccs3)C2)c1. The average molecular weight is 265 g/mol. The van der Waals surface area contributed by atoms with Gasteiger partial charge in [-0.3, -0.25) is 0 Å². The smallest absolute Gasteiger partial charge is 0.182 e. The van der Waals surface area contributed by atoms with Gasteiger partial charge in [-0.1, -0.05) is 23.7 Å². The molecule has 4 heteroatoms. The van der Waals surface area contributed by atoms with Gasteiger partial charge in [0.2, 0.25) is 0 Å². The lowest BCUT2D eigenvalue weighted by Gasteiger charge is -2.36. The van der Waals surface area contributed by atoms with Gasteiger partial charge >= 0.3 is 0 Å². The molecule has 0 spiro atoms. The molecule has 1 N–H and O–H groups in total. The Balaban J connectivity index is 1.58. The maximum absolute atomic E-state index is 6.00. The fourth-order valence-corrected chi connectivity index (χ4v) is 3.04. The van der Waals surface area contributed by atoms with Gasteiger partial charge in [0.1, 0.15) is 0 Å². The summed E-state index contributed by atoms with van der Waals surface area (Å²) in [5, 5.41) is 7.30. The predicted molar refractivity (Wildman–Crippen MR) is 73.0 cm³/mol. The van der Waals surface area contributed by atoms with Crippen LogP contribution in [0.2, 0.25) is 5.02 Å². The van der Waals surface area contributed by atoms with Gasteiger partial charge in [0.15, 0.2) is 5.13 Å². The Hall–Kier alpha value is -1.06. The maximum atomic E-state index is 6.00.